The molecule has 3 rings (SSSR count). The lowest BCUT2D eigenvalue weighted by atomic mass is 10.1. The van der Waals surface area contributed by atoms with Crippen molar-refractivity contribution in [1.82, 2.24) is 8.96 Å². The highest BCUT2D eigenvalue weighted by Crippen LogP contribution is 2.32. The van der Waals surface area contributed by atoms with Crippen LogP contribution in [0.4, 0.5) is 0 Å². The zero-order valence-electron chi connectivity index (χ0n) is 15.4. The fraction of sp³-hybridized carbons (Fsp3) is 0.250. The lowest BCUT2D eigenvalue weighted by Crippen LogP contribution is -2.15. The number of aromatic nitrogens is 2. The molecule has 0 saturated carbocycles. The number of hydrogen-bond donors (Lipinski definition) is 0. The van der Waals surface area contributed by atoms with E-state index in [2.05, 4.69) is 4.98 Å². The third-order valence-corrected chi connectivity index (χ3v) is 5.89. The van der Waals surface area contributed by atoms with E-state index in [1.165, 1.54) is 3.97 Å². The molecule has 1 aromatic heterocycles. The Bertz CT molecular complexity index is 1040. The van der Waals surface area contributed by atoms with Crippen LogP contribution >= 0.6 is 0 Å². The highest BCUT2D eigenvalue weighted by molar-refractivity contribution is 7.90. The van der Waals surface area contributed by atoms with Gasteiger partial charge in [-0.15, -0.1) is 0 Å². The van der Waals surface area contributed by atoms with Gasteiger partial charge in [-0.25, -0.2) is 17.4 Å². The predicted molar refractivity (Wildman–Crippen MR) is 102 cm³/mol. The van der Waals surface area contributed by atoms with Gasteiger partial charge >= 0.3 is 0 Å². The Morgan fingerprint density at radius 3 is 2.35 bits per heavy atom. The van der Waals surface area contributed by atoms with E-state index in [4.69, 9.17) is 4.74 Å². The number of hydrogen-bond acceptors (Lipinski definition) is 4. The zero-order valence-corrected chi connectivity index (χ0v) is 16.2. The summed E-state index contributed by atoms with van der Waals surface area (Å²) < 4.78 is 33.7. The van der Waals surface area contributed by atoms with Crippen molar-refractivity contribution < 1.29 is 13.2 Å². The molecule has 0 radical (unpaired) electrons. The first-order valence-electron chi connectivity index (χ1n) is 8.45. The lowest BCUT2D eigenvalue weighted by Gasteiger charge is -2.15. The highest BCUT2D eigenvalue weighted by atomic mass is 32.2. The average molecular weight is 370 g/mol. The summed E-state index contributed by atoms with van der Waals surface area (Å²) in [5.74, 6) is 0.754. The second-order valence-electron chi connectivity index (χ2n) is 6.19. The van der Waals surface area contributed by atoms with Crippen LogP contribution in [-0.4, -0.2) is 24.0 Å². The van der Waals surface area contributed by atoms with Crippen LogP contribution in [0, 0.1) is 20.8 Å². The number of aryl methyl sites for hydroxylation is 3. The van der Waals surface area contributed by atoms with Gasteiger partial charge in [0.1, 0.15) is 10.6 Å². The molecule has 0 bridgehead atoms. The van der Waals surface area contributed by atoms with Gasteiger partial charge in [-0.05, 0) is 51.0 Å². The van der Waals surface area contributed by atoms with Gasteiger partial charge in [0.05, 0.1) is 12.3 Å². The van der Waals surface area contributed by atoms with Crippen LogP contribution in [0.5, 0.6) is 5.75 Å². The molecule has 0 fully saturated rings. The maximum absolute atomic E-state index is 13.4. The number of rotatable bonds is 5. The monoisotopic (exact) mass is 370 g/mol. The summed E-state index contributed by atoms with van der Waals surface area (Å²) in [6, 6.07) is 12.7. The molecule has 3 aromatic rings. The molecule has 1 heterocycles. The molecule has 0 N–H and O–H groups in total. The summed E-state index contributed by atoms with van der Waals surface area (Å²) in [5, 5.41) is 0. The van der Waals surface area contributed by atoms with Gasteiger partial charge in [0.15, 0.2) is 5.82 Å². The van der Waals surface area contributed by atoms with Gasteiger partial charge in [-0.3, -0.25) is 0 Å². The third-order valence-electron chi connectivity index (χ3n) is 4.22. The molecule has 2 aromatic carbocycles. The van der Waals surface area contributed by atoms with Crippen LogP contribution in [-0.2, 0) is 10.0 Å². The molecule has 0 amide bonds. The number of nitrogens with zero attached hydrogens (tertiary/aromatic N) is 2. The van der Waals surface area contributed by atoms with E-state index in [0.29, 0.717) is 23.9 Å². The minimum absolute atomic E-state index is 0.150. The number of ether oxygens (including phenoxy) is 1. The van der Waals surface area contributed by atoms with E-state index < -0.39 is 10.0 Å². The van der Waals surface area contributed by atoms with Crippen molar-refractivity contribution in [3.05, 3.63) is 65.5 Å². The highest BCUT2D eigenvalue weighted by Gasteiger charge is 2.26. The Balaban J connectivity index is 2.24. The molecule has 0 aliphatic rings. The second-order valence-corrected chi connectivity index (χ2v) is 7.97. The molecule has 0 unspecified atom stereocenters. The van der Waals surface area contributed by atoms with Gasteiger partial charge in [-0.1, -0.05) is 30.3 Å². The average Bonchev–Trinajstić information content (AvgIpc) is 3.01. The summed E-state index contributed by atoms with van der Waals surface area (Å²) >= 11 is 0. The Morgan fingerprint density at radius 1 is 1.04 bits per heavy atom. The Hall–Kier alpha value is -2.60. The summed E-state index contributed by atoms with van der Waals surface area (Å²) in [4.78, 5) is 4.58. The van der Waals surface area contributed by atoms with Crippen molar-refractivity contribution in [3.63, 3.8) is 0 Å². The van der Waals surface area contributed by atoms with E-state index in [9.17, 15) is 8.42 Å². The van der Waals surface area contributed by atoms with Gasteiger partial charge in [0.2, 0.25) is 0 Å². The molecule has 0 aliphatic heterocycles. The third kappa shape index (κ3) is 3.24. The lowest BCUT2D eigenvalue weighted by molar-refractivity contribution is 0.330. The van der Waals surface area contributed by atoms with Crippen molar-refractivity contribution in [2.24, 2.45) is 0 Å². The minimum atomic E-state index is -3.86. The first-order chi connectivity index (χ1) is 12.3. The van der Waals surface area contributed by atoms with E-state index >= 15 is 0 Å². The summed E-state index contributed by atoms with van der Waals surface area (Å²) in [5.41, 5.74) is 3.25. The van der Waals surface area contributed by atoms with Gasteiger partial charge in [0.25, 0.3) is 10.0 Å². The molecule has 0 spiro atoms. The molecule has 0 aliphatic carbocycles. The Labute approximate surface area is 154 Å². The van der Waals surface area contributed by atoms with Crippen molar-refractivity contribution in [2.75, 3.05) is 6.61 Å². The molecular formula is C20H22N2O3S. The van der Waals surface area contributed by atoms with Gasteiger partial charge in [-0.2, -0.15) is 0 Å². The van der Waals surface area contributed by atoms with Crippen LogP contribution in [0.15, 0.2) is 53.6 Å². The molecule has 0 saturated heterocycles. The zero-order chi connectivity index (χ0) is 18.9. The van der Waals surface area contributed by atoms with Crippen molar-refractivity contribution in [3.8, 4) is 17.1 Å². The van der Waals surface area contributed by atoms with Crippen LogP contribution in [0.3, 0.4) is 0 Å². The number of imidazole rings is 1. The van der Waals surface area contributed by atoms with E-state index in [0.717, 1.165) is 16.7 Å². The SMILES string of the molecule is CCOc1cc(C)c(C)cc1S(=O)(=O)n1cc(C)nc1-c1ccccc1. The standard InChI is InChI=1S/C20H22N2O3S/c1-5-25-18-11-14(2)15(3)12-19(18)26(23,24)22-13-16(4)21-20(22)17-9-7-6-8-10-17/h6-13H,5H2,1-4H3. The first kappa shape index (κ1) is 18.2. The molecular weight excluding hydrogens is 348 g/mol. The van der Waals surface area contributed by atoms with Crippen LogP contribution in [0.2, 0.25) is 0 Å². The molecule has 136 valence electrons. The first-order valence-corrected chi connectivity index (χ1v) is 9.89. The summed E-state index contributed by atoms with van der Waals surface area (Å²) in [6.07, 6.45) is 1.54. The Morgan fingerprint density at radius 2 is 1.69 bits per heavy atom. The largest absolute Gasteiger partial charge is 0.492 e. The van der Waals surface area contributed by atoms with Gasteiger partial charge < -0.3 is 4.74 Å². The molecule has 26 heavy (non-hydrogen) atoms. The fourth-order valence-corrected chi connectivity index (χ4v) is 4.35. The molecule has 6 heteroatoms. The fourth-order valence-electron chi connectivity index (χ4n) is 2.78. The van der Waals surface area contributed by atoms with Crippen molar-refractivity contribution in [2.45, 2.75) is 32.6 Å². The van der Waals surface area contributed by atoms with Crippen LogP contribution in [0.1, 0.15) is 23.7 Å². The molecule has 5 nitrogen and oxygen atoms in total. The normalized spacial score (nSPS) is 11.5. The predicted octanol–water partition coefficient (Wildman–Crippen LogP) is 4.11. The summed E-state index contributed by atoms with van der Waals surface area (Å²) in [7, 11) is -3.86. The topological polar surface area (TPSA) is 61.2 Å². The maximum Gasteiger partial charge on any atom is 0.273 e. The quantitative estimate of drug-likeness (QED) is 0.678. The summed E-state index contributed by atoms with van der Waals surface area (Å²) in [6.45, 7) is 7.83. The number of benzene rings is 2. The second kappa shape index (κ2) is 6.96. The van der Waals surface area contributed by atoms with Gasteiger partial charge in [0, 0.05) is 11.8 Å². The van der Waals surface area contributed by atoms with Crippen molar-refractivity contribution in [1.29, 1.82) is 0 Å². The van der Waals surface area contributed by atoms with E-state index in [-0.39, 0.29) is 4.90 Å². The van der Waals surface area contributed by atoms with Crippen LogP contribution < -0.4 is 4.74 Å². The molecule has 0 atom stereocenters. The van der Waals surface area contributed by atoms with E-state index in [1.807, 2.05) is 51.1 Å². The minimum Gasteiger partial charge on any atom is -0.492 e. The van der Waals surface area contributed by atoms with Crippen LogP contribution in [0.25, 0.3) is 11.4 Å². The maximum atomic E-state index is 13.4. The van der Waals surface area contributed by atoms with E-state index in [1.54, 1.807) is 25.3 Å². The Kier molecular flexibility index (Phi) is 4.87. The smallest absolute Gasteiger partial charge is 0.273 e. The van der Waals surface area contributed by atoms with Crippen molar-refractivity contribution >= 4 is 10.0 Å².